The van der Waals surface area contributed by atoms with Crippen molar-refractivity contribution in [3.63, 3.8) is 0 Å². The van der Waals surface area contributed by atoms with Crippen LogP contribution in [0.25, 0.3) is 6.08 Å². The first kappa shape index (κ1) is 10.5. The Bertz CT molecular complexity index is 358. The number of benzene rings is 1. The molecule has 0 atom stereocenters. The minimum absolute atomic E-state index is 0.192. The molecule has 0 fully saturated rings. The van der Waals surface area contributed by atoms with E-state index in [4.69, 9.17) is 5.26 Å². The van der Waals surface area contributed by atoms with Gasteiger partial charge in [0.1, 0.15) is 0 Å². The molecule has 1 aromatic rings. The van der Waals surface area contributed by atoms with E-state index < -0.39 is 0 Å². The van der Waals surface area contributed by atoms with Gasteiger partial charge in [-0.15, -0.1) is 0 Å². The molecule has 0 unspecified atom stereocenters. The Labute approximate surface area is 85.7 Å². The van der Waals surface area contributed by atoms with E-state index in [1.165, 1.54) is 11.6 Å². The molecule has 0 radical (unpaired) electrons. The van der Waals surface area contributed by atoms with E-state index in [0.717, 1.165) is 5.56 Å². The molecule has 0 aliphatic carbocycles. The topological polar surface area (TPSA) is 23.8 Å². The molecule has 0 aliphatic heterocycles. The highest BCUT2D eigenvalue weighted by Gasteiger charge is 2.12. The fourth-order valence-electron chi connectivity index (χ4n) is 1.23. The highest BCUT2D eigenvalue weighted by Crippen LogP contribution is 2.22. The molecule has 0 amide bonds. The molecule has 1 heteroatoms. The predicted octanol–water partition coefficient (Wildman–Crippen LogP) is 3.52. The van der Waals surface area contributed by atoms with Crippen LogP contribution in [0.2, 0.25) is 0 Å². The second kappa shape index (κ2) is 4.11. The number of nitrogens with zero attached hydrogens (tertiary/aromatic N) is 1. The summed E-state index contributed by atoms with van der Waals surface area (Å²) in [5.41, 5.74) is 2.57. The molecule has 0 bridgehead atoms. The third-order valence-corrected chi connectivity index (χ3v) is 2.13. The average Bonchev–Trinajstić information content (AvgIpc) is 2.14. The molecular weight excluding hydrogens is 170 g/mol. The van der Waals surface area contributed by atoms with Crippen molar-refractivity contribution in [1.82, 2.24) is 0 Å². The van der Waals surface area contributed by atoms with Crippen LogP contribution < -0.4 is 0 Å². The summed E-state index contributed by atoms with van der Waals surface area (Å²) in [5.74, 6) is 0. The highest BCUT2D eigenvalue weighted by atomic mass is 14.2. The van der Waals surface area contributed by atoms with Gasteiger partial charge < -0.3 is 0 Å². The molecule has 0 saturated heterocycles. The maximum atomic E-state index is 8.37. The fourth-order valence-corrected chi connectivity index (χ4v) is 1.23. The summed E-state index contributed by atoms with van der Waals surface area (Å²) in [7, 11) is 0. The van der Waals surface area contributed by atoms with E-state index in [-0.39, 0.29) is 5.41 Å². The van der Waals surface area contributed by atoms with Gasteiger partial charge >= 0.3 is 0 Å². The normalized spacial score (nSPS) is 11.6. The first-order valence-electron chi connectivity index (χ1n) is 4.71. The molecule has 0 saturated carbocycles. The van der Waals surface area contributed by atoms with Crippen molar-refractivity contribution in [3.8, 4) is 6.07 Å². The van der Waals surface area contributed by atoms with E-state index in [1.807, 2.05) is 24.3 Å². The summed E-state index contributed by atoms with van der Waals surface area (Å²) in [5, 5.41) is 8.37. The zero-order valence-electron chi connectivity index (χ0n) is 8.91. The van der Waals surface area contributed by atoms with Crippen LogP contribution in [0.5, 0.6) is 0 Å². The van der Waals surface area contributed by atoms with Gasteiger partial charge in [0.2, 0.25) is 0 Å². The largest absolute Gasteiger partial charge is 0.193 e. The molecule has 1 aromatic carbocycles. The van der Waals surface area contributed by atoms with Gasteiger partial charge in [0.15, 0.2) is 0 Å². The van der Waals surface area contributed by atoms with Gasteiger partial charge in [0.25, 0.3) is 0 Å². The third kappa shape index (κ3) is 2.74. The molecule has 72 valence electrons. The van der Waals surface area contributed by atoms with Crippen molar-refractivity contribution >= 4 is 6.08 Å². The Balaban J connectivity index is 2.91. The Kier molecular flexibility index (Phi) is 3.09. The first-order valence-corrected chi connectivity index (χ1v) is 4.71. The van der Waals surface area contributed by atoms with Crippen LogP contribution in [0.15, 0.2) is 30.3 Å². The lowest BCUT2D eigenvalue weighted by molar-refractivity contribution is 0.590. The van der Waals surface area contributed by atoms with E-state index in [2.05, 4.69) is 32.9 Å². The van der Waals surface area contributed by atoms with Crippen molar-refractivity contribution in [1.29, 1.82) is 5.26 Å². The molecule has 0 aromatic heterocycles. The van der Waals surface area contributed by atoms with Crippen molar-refractivity contribution in [2.75, 3.05) is 0 Å². The Morgan fingerprint density at radius 1 is 1.14 bits per heavy atom. The lowest BCUT2D eigenvalue weighted by Crippen LogP contribution is -2.10. The first-order chi connectivity index (χ1) is 6.54. The molecule has 1 rings (SSSR count). The van der Waals surface area contributed by atoms with Crippen LogP contribution in [0.1, 0.15) is 31.9 Å². The summed E-state index contributed by atoms with van der Waals surface area (Å²) >= 11 is 0. The number of hydrogen-bond acceptors (Lipinski definition) is 1. The second-order valence-electron chi connectivity index (χ2n) is 4.33. The lowest BCUT2D eigenvalue weighted by atomic mass is 9.87. The van der Waals surface area contributed by atoms with E-state index in [1.54, 1.807) is 0 Å². The quantitative estimate of drug-likeness (QED) is 0.614. The molecular formula is C13H15N. The van der Waals surface area contributed by atoms with Crippen molar-refractivity contribution in [3.05, 3.63) is 41.5 Å². The van der Waals surface area contributed by atoms with Crippen LogP contribution in [-0.2, 0) is 5.41 Å². The van der Waals surface area contributed by atoms with Crippen molar-refractivity contribution in [2.24, 2.45) is 0 Å². The van der Waals surface area contributed by atoms with Gasteiger partial charge in [-0.1, -0.05) is 45.0 Å². The molecule has 0 heterocycles. The summed E-state index contributed by atoms with van der Waals surface area (Å²) < 4.78 is 0. The number of nitriles is 1. The fraction of sp³-hybridized carbons (Fsp3) is 0.308. The standard InChI is InChI=1S/C13H15N/c1-13(2,3)12-8-6-11(7-9-12)5-4-10-14/h4-9H,1-3H3/b5-4+. The summed E-state index contributed by atoms with van der Waals surface area (Å²) in [4.78, 5) is 0. The SMILES string of the molecule is CC(C)(C)c1ccc(/C=C/C#N)cc1. The molecule has 0 aliphatic rings. The molecule has 14 heavy (non-hydrogen) atoms. The van der Waals surface area contributed by atoms with E-state index in [0.29, 0.717) is 0 Å². The lowest BCUT2D eigenvalue weighted by Gasteiger charge is -2.18. The zero-order valence-corrected chi connectivity index (χ0v) is 8.91. The van der Waals surface area contributed by atoms with Crippen LogP contribution >= 0.6 is 0 Å². The number of hydrogen-bond donors (Lipinski definition) is 0. The maximum Gasteiger partial charge on any atom is 0.0912 e. The number of rotatable bonds is 1. The Morgan fingerprint density at radius 2 is 1.71 bits per heavy atom. The smallest absolute Gasteiger partial charge is 0.0912 e. The predicted molar refractivity (Wildman–Crippen MR) is 59.8 cm³/mol. The summed E-state index contributed by atoms with van der Waals surface area (Å²) in [6.45, 7) is 6.56. The van der Waals surface area contributed by atoms with Gasteiger partial charge in [-0.05, 0) is 22.6 Å². The monoisotopic (exact) mass is 185 g/mol. The van der Waals surface area contributed by atoms with Crippen LogP contribution in [-0.4, -0.2) is 0 Å². The minimum atomic E-state index is 0.192. The van der Waals surface area contributed by atoms with Gasteiger partial charge in [-0.25, -0.2) is 0 Å². The van der Waals surface area contributed by atoms with Crippen molar-refractivity contribution < 1.29 is 0 Å². The highest BCUT2D eigenvalue weighted by molar-refractivity contribution is 5.52. The van der Waals surface area contributed by atoms with Crippen LogP contribution in [0.3, 0.4) is 0 Å². The van der Waals surface area contributed by atoms with Crippen molar-refractivity contribution in [2.45, 2.75) is 26.2 Å². The molecule has 0 N–H and O–H groups in total. The second-order valence-corrected chi connectivity index (χ2v) is 4.33. The van der Waals surface area contributed by atoms with Crippen LogP contribution in [0, 0.1) is 11.3 Å². The number of allylic oxidation sites excluding steroid dienone is 1. The zero-order chi connectivity index (χ0) is 10.6. The third-order valence-electron chi connectivity index (χ3n) is 2.13. The van der Waals surface area contributed by atoms with Gasteiger partial charge in [0, 0.05) is 6.08 Å². The average molecular weight is 185 g/mol. The van der Waals surface area contributed by atoms with Crippen LogP contribution in [0.4, 0.5) is 0 Å². The summed E-state index contributed by atoms with van der Waals surface area (Å²) in [6.07, 6.45) is 3.30. The maximum absolute atomic E-state index is 8.37. The molecule has 1 nitrogen and oxygen atoms in total. The summed E-state index contributed by atoms with van der Waals surface area (Å²) in [6, 6.07) is 10.3. The van der Waals surface area contributed by atoms with Gasteiger partial charge in [-0.3, -0.25) is 0 Å². The van der Waals surface area contributed by atoms with E-state index >= 15 is 0 Å². The van der Waals surface area contributed by atoms with Gasteiger partial charge in [-0.2, -0.15) is 5.26 Å². The Morgan fingerprint density at radius 3 is 2.14 bits per heavy atom. The Hall–Kier alpha value is -1.55. The minimum Gasteiger partial charge on any atom is -0.193 e. The van der Waals surface area contributed by atoms with Gasteiger partial charge in [0.05, 0.1) is 6.07 Å². The molecule has 0 spiro atoms. The van der Waals surface area contributed by atoms with E-state index in [9.17, 15) is 0 Å².